The molecule has 0 saturated carbocycles. The third kappa shape index (κ3) is 1.24. The van der Waals surface area contributed by atoms with Crippen molar-refractivity contribution in [2.75, 3.05) is 5.32 Å². The number of carbonyl (C=O) groups is 2. The van der Waals surface area contributed by atoms with Crippen molar-refractivity contribution in [1.29, 1.82) is 0 Å². The number of carbonyl (C=O) groups excluding carboxylic acids is 2. The summed E-state index contributed by atoms with van der Waals surface area (Å²) in [4.78, 5) is 24.8. The summed E-state index contributed by atoms with van der Waals surface area (Å²) in [5.41, 5.74) is 2.69. The molecule has 0 fully saturated rings. The minimum absolute atomic E-state index is 0.0151. The van der Waals surface area contributed by atoms with Crippen molar-refractivity contribution in [1.82, 2.24) is 0 Å². The minimum Gasteiger partial charge on any atom is -0.325 e. The molecule has 0 saturated heterocycles. The second kappa shape index (κ2) is 3.79. The van der Waals surface area contributed by atoms with Crippen molar-refractivity contribution >= 4 is 17.4 Å². The minimum atomic E-state index is -0.693. The molecule has 1 heterocycles. The molecule has 3 nitrogen and oxygen atoms in total. The molecule has 1 aliphatic carbocycles. The molecular formula is C17H13NO2. The molecule has 1 amide bonds. The van der Waals surface area contributed by atoms with E-state index >= 15 is 0 Å². The Balaban J connectivity index is 2.06. The van der Waals surface area contributed by atoms with Gasteiger partial charge in [-0.2, -0.15) is 0 Å². The summed E-state index contributed by atoms with van der Waals surface area (Å²) in [6.07, 6.45) is 0.963. The molecule has 1 aliphatic heterocycles. The van der Waals surface area contributed by atoms with Gasteiger partial charge in [0.2, 0.25) is 5.91 Å². The SMILES string of the molecule is O=C1CCC2(C(=O)Nc3ccccc32)c2ccccc21. The molecule has 4 rings (SSSR count). The van der Waals surface area contributed by atoms with Crippen LogP contribution in [0.4, 0.5) is 5.69 Å². The van der Waals surface area contributed by atoms with Crippen LogP contribution in [0.25, 0.3) is 0 Å². The van der Waals surface area contributed by atoms with E-state index in [2.05, 4.69) is 5.32 Å². The highest BCUT2D eigenvalue weighted by molar-refractivity contribution is 6.12. The molecule has 0 bridgehead atoms. The Bertz CT molecular complexity index is 750. The zero-order valence-electron chi connectivity index (χ0n) is 10.8. The molecule has 1 atom stereocenters. The normalized spacial score (nSPS) is 23.4. The average Bonchev–Trinajstić information content (AvgIpc) is 2.77. The zero-order valence-corrected chi connectivity index (χ0v) is 10.8. The fourth-order valence-corrected chi connectivity index (χ4v) is 3.50. The first-order chi connectivity index (χ1) is 9.73. The third-order valence-corrected chi connectivity index (χ3v) is 4.44. The van der Waals surface area contributed by atoms with Gasteiger partial charge in [0, 0.05) is 17.7 Å². The van der Waals surface area contributed by atoms with E-state index < -0.39 is 5.41 Å². The van der Waals surface area contributed by atoms with Crippen LogP contribution in [-0.4, -0.2) is 11.7 Å². The maximum Gasteiger partial charge on any atom is 0.239 e. The molecule has 0 radical (unpaired) electrons. The number of anilines is 1. The summed E-state index contributed by atoms with van der Waals surface area (Å²) in [5, 5.41) is 2.96. The van der Waals surface area contributed by atoms with Crippen LogP contribution < -0.4 is 5.32 Å². The molecule has 3 heteroatoms. The highest BCUT2D eigenvalue weighted by Gasteiger charge is 2.51. The van der Waals surface area contributed by atoms with Crippen LogP contribution in [0.3, 0.4) is 0 Å². The maximum atomic E-state index is 12.7. The monoisotopic (exact) mass is 263 g/mol. The van der Waals surface area contributed by atoms with Gasteiger partial charge in [0.25, 0.3) is 0 Å². The first-order valence-corrected chi connectivity index (χ1v) is 6.77. The van der Waals surface area contributed by atoms with Gasteiger partial charge in [-0.25, -0.2) is 0 Å². The average molecular weight is 263 g/mol. The van der Waals surface area contributed by atoms with E-state index in [9.17, 15) is 9.59 Å². The summed E-state index contributed by atoms with van der Waals surface area (Å²) < 4.78 is 0. The number of nitrogens with one attached hydrogen (secondary N) is 1. The molecule has 98 valence electrons. The Morgan fingerprint density at radius 1 is 0.900 bits per heavy atom. The van der Waals surface area contributed by atoms with Crippen molar-refractivity contribution in [3.63, 3.8) is 0 Å². The topological polar surface area (TPSA) is 46.2 Å². The largest absolute Gasteiger partial charge is 0.325 e. The molecule has 1 unspecified atom stereocenters. The number of ketones is 1. The predicted molar refractivity (Wildman–Crippen MR) is 75.9 cm³/mol. The highest BCUT2D eigenvalue weighted by Crippen LogP contribution is 2.49. The van der Waals surface area contributed by atoms with Crippen LogP contribution in [0, 0.1) is 0 Å². The number of hydrogen-bond donors (Lipinski definition) is 1. The quantitative estimate of drug-likeness (QED) is 0.794. The van der Waals surface area contributed by atoms with Gasteiger partial charge in [-0.05, 0) is 23.6 Å². The Hall–Kier alpha value is -2.42. The summed E-state index contributed by atoms with van der Waals surface area (Å²) in [7, 11) is 0. The number of rotatable bonds is 0. The molecule has 0 aromatic heterocycles. The van der Waals surface area contributed by atoms with E-state index in [1.165, 1.54) is 0 Å². The fraction of sp³-hybridized carbons (Fsp3) is 0.176. The van der Waals surface area contributed by atoms with Crippen LogP contribution in [0.5, 0.6) is 0 Å². The van der Waals surface area contributed by atoms with Gasteiger partial charge in [-0.3, -0.25) is 9.59 Å². The van der Waals surface area contributed by atoms with Crippen molar-refractivity contribution in [3.8, 4) is 0 Å². The van der Waals surface area contributed by atoms with Gasteiger partial charge in [0.15, 0.2) is 5.78 Å². The molecule has 2 aromatic carbocycles. The van der Waals surface area contributed by atoms with Gasteiger partial charge < -0.3 is 5.32 Å². The van der Waals surface area contributed by atoms with Crippen molar-refractivity contribution in [3.05, 3.63) is 65.2 Å². The summed E-state index contributed by atoms with van der Waals surface area (Å²) in [6.45, 7) is 0. The fourth-order valence-electron chi connectivity index (χ4n) is 3.50. The number of Topliss-reactive ketones (excluding diaryl/α,β-unsaturated/α-hetero) is 1. The Labute approximate surface area is 116 Å². The van der Waals surface area contributed by atoms with Crippen LogP contribution in [0.2, 0.25) is 0 Å². The Morgan fingerprint density at radius 3 is 2.45 bits per heavy atom. The van der Waals surface area contributed by atoms with E-state index in [1.54, 1.807) is 0 Å². The van der Waals surface area contributed by atoms with E-state index in [1.807, 2.05) is 48.5 Å². The van der Waals surface area contributed by atoms with Crippen LogP contribution in [-0.2, 0) is 10.2 Å². The summed E-state index contributed by atoms with van der Waals surface area (Å²) in [5.74, 6) is 0.113. The lowest BCUT2D eigenvalue weighted by molar-refractivity contribution is -0.119. The second-order valence-corrected chi connectivity index (χ2v) is 5.37. The third-order valence-electron chi connectivity index (χ3n) is 4.44. The van der Waals surface area contributed by atoms with Crippen molar-refractivity contribution < 1.29 is 9.59 Å². The predicted octanol–water partition coefficient (Wildman–Crippen LogP) is 2.90. The molecule has 1 N–H and O–H groups in total. The number of benzene rings is 2. The standard InChI is InChI=1S/C17H13NO2/c19-15-9-10-17(12-6-2-1-5-11(12)15)13-7-3-4-8-14(13)18-16(17)20/h1-8H,9-10H2,(H,18,20). The van der Waals surface area contributed by atoms with Crippen LogP contribution >= 0.6 is 0 Å². The van der Waals surface area contributed by atoms with E-state index in [-0.39, 0.29) is 11.7 Å². The molecular weight excluding hydrogens is 250 g/mol. The molecule has 20 heavy (non-hydrogen) atoms. The maximum absolute atomic E-state index is 12.7. The summed E-state index contributed by atoms with van der Waals surface area (Å²) >= 11 is 0. The zero-order chi connectivity index (χ0) is 13.7. The van der Waals surface area contributed by atoms with Gasteiger partial charge in [-0.15, -0.1) is 0 Å². The van der Waals surface area contributed by atoms with E-state index in [0.29, 0.717) is 18.4 Å². The van der Waals surface area contributed by atoms with Gasteiger partial charge in [0.1, 0.15) is 5.41 Å². The molecule has 2 aromatic rings. The highest BCUT2D eigenvalue weighted by atomic mass is 16.2. The lowest BCUT2D eigenvalue weighted by Gasteiger charge is -2.33. The first-order valence-electron chi connectivity index (χ1n) is 6.77. The smallest absolute Gasteiger partial charge is 0.239 e. The molecule has 2 aliphatic rings. The first kappa shape index (κ1) is 11.4. The Morgan fingerprint density at radius 2 is 1.60 bits per heavy atom. The number of fused-ring (bicyclic) bond motifs is 4. The number of hydrogen-bond acceptors (Lipinski definition) is 2. The summed E-state index contributed by atoms with van der Waals surface area (Å²) in [6, 6.07) is 15.3. The van der Waals surface area contributed by atoms with E-state index in [4.69, 9.17) is 0 Å². The van der Waals surface area contributed by atoms with Crippen molar-refractivity contribution in [2.24, 2.45) is 0 Å². The number of amides is 1. The second-order valence-electron chi connectivity index (χ2n) is 5.37. The number of para-hydroxylation sites is 1. The van der Waals surface area contributed by atoms with E-state index in [0.717, 1.165) is 16.8 Å². The lowest BCUT2D eigenvalue weighted by Crippen LogP contribution is -2.40. The van der Waals surface area contributed by atoms with Crippen LogP contribution in [0.1, 0.15) is 34.3 Å². The lowest BCUT2D eigenvalue weighted by atomic mass is 9.66. The Kier molecular flexibility index (Phi) is 2.16. The van der Waals surface area contributed by atoms with Gasteiger partial charge >= 0.3 is 0 Å². The van der Waals surface area contributed by atoms with Crippen molar-refractivity contribution in [2.45, 2.75) is 18.3 Å². The van der Waals surface area contributed by atoms with Crippen LogP contribution in [0.15, 0.2) is 48.5 Å². The van der Waals surface area contributed by atoms with Gasteiger partial charge in [-0.1, -0.05) is 42.5 Å². The van der Waals surface area contributed by atoms with Gasteiger partial charge in [0.05, 0.1) is 0 Å². The molecule has 1 spiro atoms.